The quantitative estimate of drug-likeness (QED) is 0.229. The number of methoxy groups -OCH3 is 2. The van der Waals surface area contributed by atoms with Crippen LogP contribution in [0.4, 0.5) is 0 Å². The molecule has 0 radical (unpaired) electrons. The Bertz CT molecular complexity index is 1040. The number of nitrogens with two attached hydrogens (primary N) is 1. The molecule has 0 unspecified atom stereocenters. The summed E-state index contributed by atoms with van der Waals surface area (Å²) in [4.78, 5) is 43.9. The van der Waals surface area contributed by atoms with E-state index in [2.05, 4.69) is 19.2 Å². The zero-order chi connectivity index (χ0) is 33.1. The summed E-state index contributed by atoms with van der Waals surface area (Å²) in [6.07, 6.45) is 0.699. The average molecular weight is 619 g/mol. The number of carbonyl (C=O) groups excluding carboxylic acids is 3. The van der Waals surface area contributed by atoms with E-state index in [0.717, 1.165) is 24.8 Å². The molecule has 0 bridgehead atoms. The lowest BCUT2D eigenvalue weighted by molar-refractivity contribution is -0.146. The van der Waals surface area contributed by atoms with Gasteiger partial charge in [-0.15, -0.1) is 0 Å². The van der Waals surface area contributed by atoms with Crippen LogP contribution in [0.3, 0.4) is 0 Å². The molecule has 1 aromatic carbocycles. The molecule has 2 rings (SSSR count). The zero-order valence-electron chi connectivity index (χ0n) is 28.4. The molecule has 1 heterocycles. The number of likely N-dealkylation sites (N-methyl/N-ethyl adjacent to an activating group) is 1. The first-order valence-electron chi connectivity index (χ1n) is 16.2. The average Bonchev–Trinajstić information content (AvgIpc) is 3.51. The Labute approximate surface area is 265 Å². The first kappa shape index (κ1) is 37.8. The molecular weight excluding hydrogens is 560 g/mol. The van der Waals surface area contributed by atoms with Crippen molar-refractivity contribution in [2.45, 2.75) is 110 Å². The van der Waals surface area contributed by atoms with Gasteiger partial charge >= 0.3 is 0 Å². The number of Topliss-reactive ketones (excluding diaryl/α,β-unsaturated/α-hetero) is 1. The fraction of sp³-hybridized carbons (Fsp3) is 0.735. The first-order chi connectivity index (χ1) is 20.8. The van der Waals surface area contributed by atoms with Gasteiger partial charge in [0.05, 0.1) is 49.4 Å². The van der Waals surface area contributed by atoms with E-state index in [1.807, 2.05) is 62.9 Å². The van der Waals surface area contributed by atoms with E-state index < -0.39 is 30.3 Å². The Morgan fingerprint density at radius 1 is 1.09 bits per heavy atom. The van der Waals surface area contributed by atoms with Gasteiger partial charge in [0.1, 0.15) is 0 Å². The summed E-state index contributed by atoms with van der Waals surface area (Å²) in [6, 6.07) is 7.80. The third-order valence-electron chi connectivity index (χ3n) is 9.57. The topological polar surface area (TPSA) is 134 Å². The molecule has 1 aliphatic rings. The van der Waals surface area contributed by atoms with Crippen molar-refractivity contribution in [2.24, 2.45) is 23.5 Å². The number of nitrogens with zero attached hydrogens (tertiary/aromatic N) is 2. The summed E-state index contributed by atoms with van der Waals surface area (Å²) in [6.45, 7) is 12.3. The smallest absolute Gasteiger partial charge is 0.239 e. The minimum atomic E-state index is -0.746. The lowest BCUT2D eigenvalue weighted by Crippen LogP contribution is -2.56. The van der Waals surface area contributed by atoms with Crippen LogP contribution in [0.1, 0.15) is 78.9 Å². The third kappa shape index (κ3) is 9.57. The van der Waals surface area contributed by atoms with Crippen LogP contribution in [0, 0.1) is 17.8 Å². The van der Waals surface area contributed by atoms with Gasteiger partial charge in [0.25, 0.3) is 0 Å². The van der Waals surface area contributed by atoms with Crippen LogP contribution in [-0.2, 0) is 23.9 Å². The lowest BCUT2D eigenvalue weighted by atomic mass is 9.89. The number of ketones is 1. The molecule has 9 atom stereocenters. The Kier molecular flexibility index (Phi) is 15.4. The second kappa shape index (κ2) is 17.9. The number of aliphatic hydroxyl groups is 1. The standard InChI is InChI=1S/C34H58N4O6/c1-10-22(4)31(37(7)34(42)30(35)21(2)3)28(43-8)19-29(40)38-18-14-17-26(38)33(44-9)23(5)27(39)20-36-24(6)32(41)25-15-12-11-13-16-25/h11-13,15-16,21-24,26,28,30-33,36,41H,10,14,17-20,35H2,1-9H3/t22-,23-,24+,26-,28+,30-,31-,32+,33+/m0/s1. The number of hydrogen-bond donors (Lipinski definition) is 3. The highest BCUT2D eigenvalue weighted by molar-refractivity contribution is 5.84. The second-order valence-corrected chi connectivity index (χ2v) is 12.9. The highest BCUT2D eigenvalue weighted by atomic mass is 16.5. The monoisotopic (exact) mass is 618 g/mol. The van der Waals surface area contributed by atoms with Crippen molar-refractivity contribution in [1.29, 1.82) is 0 Å². The van der Waals surface area contributed by atoms with Crippen molar-refractivity contribution in [3.63, 3.8) is 0 Å². The zero-order valence-corrected chi connectivity index (χ0v) is 28.4. The van der Waals surface area contributed by atoms with E-state index in [4.69, 9.17) is 15.2 Å². The highest BCUT2D eigenvalue weighted by Crippen LogP contribution is 2.29. The minimum absolute atomic E-state index is 0.0152. The number of benzene rings is 1. The van der Waals surface area contributed by atoms with Gasteiger partial charge in [0.2, 0.25) is 11.8 Å². The summed E-state index contributed by atoms with van der Waals surface area (Å²) in [5, 5.41) is 13.8. The molecule has 1 saturated heterocycles. The van der Waals surface area contributed by atoms with Gasteiger partial charge in [0, 0.05) is 39.8 Å². The molecule has 10 heteroatoms. The van der Waals surface area contributed by atoms with Gasteiger partial charge in [-0.05, 0) is 37.2 Å². The Balaban J connectivity index is 2.12. The van der Waals surface area contributed by atoms with Crippen LogP contribution in [0.25, 0.3) is 0 Å². The van der Waals surface area contributed by atoms with Gasteiger partial charge in [-0.3, -0.25) is 14.4 Å². The van der Waals surface area contributed by atoms with Gasteiger partial charge in [-0.25, -0.2) is 0 Å². The number of likely N-dealkylation sites (tertiary alicyclic amines) is 1. The predicted octanol–water partition coefficient (Wildman–Crippen LogP) is 3.17. The Hall–Kier alpha value is -2.37. The summed E-state index contributed by atoms with van der Waals surface area (Å²) in [7, 11) is 4.91. The van der Waals surface area contributed by atoms with Crippen molar-refractivity contribution in [2.75, 3.05) is 34.4 Å². The molecule has 1 aromatic rings. The molecule has 10 nitrogen and oxygen atoms in total. The molecule has 0 saturated carbocycles. The molecule has 0 spiro atoms. The highest BCUT2D eigenvalue weighted by Gasteiger charge is 2.42. The van der Waals surface area contributed by atoms with Crippen molar-refractivity contribution >= 4 is 17.6 Å². The molecule has 0 aliphatic carbocycles. The van der Waals surface area contributed by atoms with Crippen molar-refractivity contribution in [1.82, 2.24) is 15.1 Å². The van der Waals surface area contributed by atoms with E-state index in [-0.39, 0.29) is 60.5 Å². The van der Waals surface area contributed by atoms with E-state index in [9.17, 15) is 19.5 Å². The normalized spacial score (nSPS) is 20.8. The van der Waals surface area contributed by atoms with E-state index in [1.165, 1.54) is 0 Å². The Morgan fingerprint density at radius 3 is 2.27 bits per heavy atom. The summed E-state index contributed by atoms with van der Waals surface area (Å²) < 4.78 is 11.8. The first-order valence-corrected chi connectivity index (χ1v) is 16.2. The number of amides is 2. The molecular formula is C34H58N4O6. The van der Waals surface area contributed by atoms with Gasteiger partial charge in [-0.1, -0.05) is 71.4 Å². The van der Waals surface area contributed by atoms with Gasteiger partial charge in [0.15, 0.2) is 5.78 Å². The molecule has 44 heavy (non-hydrogen) atoms. The second-order valence-electron chi connectivity index (χ2n) is 12.9. The number of hydrogen-bond acceptors (Lipinski definition) is 8. The van der Waals surface area contributed by atoms with Crippen LogP contribution in [-0.4, -0.2) is 103 Å². The maximum Gasteiger partial charge on any atom is 0.239 e. The number of ether oxygens (including phenoxy) is 2. The van der Waals surface area contributed by atoms with Crippen LogP contribution in [0.15, 0.2) is 30.3 Å². The van der Waals surface area contributed by atoms with Gasteiger partial charge < -0.3 is 35.4 Å². The Morgan fingerprint density at radius 2 is 1.73 bits per heavy atom. The van der Waals surface area contributed by atoms with Crippen molar-refractivity contribution < 1.29 is 29.0 Å². The predicted molar refractivity (Wildman–Crippen MR) is 173 cm³/mol. The molecule has 1 fully saturated rings. The third-order valence-corrected chi connectivity index (χ3v) is 9.57. The number of nitrogens with one attached hydrogen (secondary N) is 1. The SMILES string of the molecule is CC[C@H](C)[C@@H]([C@@H](CC(=O)N1CCC[C@H]1[C@H](OC)[C@@H](C)C(=O)CN[C@H](C)[C@@H](O)c1ccccc1)OC)N(C)C(=O)[C@@H](N)C(C)C. The fourth-order valence-corrected chi connectivity index (χ4v) is 6.33. The largest absolute Gasteiger partial charge is 0.387 e. The summed E-state index contributed by atoms with van der Waals surface area (Å²) in [5.41, 5.74) is 7.00. The maximum atomic E-state index is 13.8. The van der Waals surface area contributed by atoms with Crippen molar-refractivity contribution in [3.8, 4) is 0 Å². The van der Waals surface area contributed by atoms with Crippen LogP contribution >= 0.6 is 0 Å². The van der Waals surface area contributed by atoms with Crippen molar-refractivity contribution in [3.05, 3.63) is 35.9 Å². The molecule has 250 valence electrons. The summed E-state index contributed by atoms with van der Waals surface area (Å²) in [5.74, 6) is -0.699. The maximum absolute atomic E-state index is 13.8. The van der Waals surface area contributed by atoms with Crippen LogP contribution in [0.5, 0.6) is 0 Å². The number of rotatable bonds is 18. The number of carbonyl (C=O) groups is 3. The minimum Gasteiger partial charge on any atom is -0.387 e. The number of aliphatic hydroxyl groups excluding tert-OH is 1. The van der Waals surface area contributed by atoms with E-state index in [0.29, 0.717) is 6.54 Å². The fourth-order valence-electron chi connectivity index (χ4n) is 6.33. The molecule has 0 aromatic heterocycles. The van der Waals surface area contributed by atoms with Crippen LogP contribution in [0.2, 0.25) is 0 Å². The van der Waals surface area contributed by atoms with E-state index in [1.54, 1.807) is 26.2 Å². The molecule has 4 N–H and O–H groups in total. The molecule has 1 aliphatic heterocycles. The summed E-state index contributed by atoms with van der Waals surface area (Å²) >= 11 is 0. The van der Waals surface area contributed by atoms with Gasteiger partial charge in [-0.2, -0.15) is 0 Å². The van der Waals surface area contributed by atoms with E-state index >= 15 is 0 Å². The van der Waals surface area contributed by atoms with Crippen LogP contribution < -0.4 is 11.1 Å². The lowest BCUT2D eigenvalue weighted by Gasteiger charge is -2.40. The molecule has 2 amide bonds.